The molecule has 3 aromatic heterocycles. The zero-order valence-electron chi connectivity index (χ0n) is 8.50. The van der Waals surface area contributed by atoms with Gasteiger partial charge >= 0.3 is 0 Å². The first kappa shape index (κ1) is 9.35. The molecule has 0 spiro atoms. The fourth-order valence-corrected chi connectivity index (χ4v) is 2.13. The van der Waals surface area contributed by atoms with Gasteiger partial charge in [-0.1, -0.05) is 12.1 Å². The van der Waals surface area contributed by atoms with E-state index in [-0.39, 0.29) is 0 Å². The molecule has 0 saturated carbocycles. The standard InChI is InChI=1S/C11H10N4S/c1-2-6-15-10(5-1)13-11(14-15)12-8-9-4-3-7-16-9/h1-7H,8H2,(H,12,14). The van der Waals surface area contributed by atoms with Crippen LogP contribution in [0.1, 0.15) is 4.88 Å². The molecule has 0 aliphatic carbocycles. The predicted molar refractivity (Wildman–Crippen MR) is 64.6 cm³/mol. The highest BCUT2D eigenvalue weighted by molar-refractivity contribution is 7.09. The molecule has 4 nitrogen and oxygen atoms in total. The van der Waals surface area contributed by atoms with Crippen LogP contribution in [-0.2, 0) is 6.54 Å². The molecule has 0 saturated heterocycles. The van der Waals surface area contributed by atoms with Crippen molar-refractivity contribution in [2.75, 3.05) is 5.32 Å². The Morgan fingerprint density at radius 2 is 2.25 bits per heavy atom. The zero-order chi connectivity index (χ0) is 10.8. The van der Waals surface area contributed by atoms with Crippen molar-refractivity contribution in [2.24, 2.45) is 0 Å². The third kappa shape index (κ3) is 1.77. The molecule has 0 radical (unpaired) electrons. The molecule has 0 aliphatic rings. The van der Waals surface area contributed by atoms with E-state index in [2.05, 4.69) is 26.8 Å². The van der Waals surface area contributed by atoms with Gasteiger partial charge in [-0.15, -0.1) is 16.4 Å². The summed E-state index contributed by atoms with van der Waals surface area (Å²) in [4.78, 5) is 5.63. The summed E-state index contributed by atoms with van der Waals surface area (Å²) in [7, 11) is 0. The first-order valence-electron chi connectivity index (χ1n) is 4.99. The highest BCUT2D eigenvalue weighted by Gasteiger charge is 2.01. The summed E-state index contributed by atoms with van der Waals surface area (Å²) in [6.45, 7) is 0.772. The predicted octanol–water partition coefficient (Wildman–Crippen LogP) is 2.40. The van der Waals surface area contributed by atoms with E-state index in [1.54, 1.807) is 15.9 Å². The minimum absolute atomic E-state index is 0.666. The van der Waals surface area contributed by atoms with Crippen molar-refractivity contribution in [1.82, 2.24) is 14.6 Å². The number of thiophene rings is 1. The maximum atomic E-state index is 4.36. The number of pyridine rings is 1. The number of nitrogens with zero attached hydrogens (tertiary/aromatic N) is 3. The van der Waals surface area contributed by atoms with E-state index in [0.717, 1.165) is 12.2 Å². The second kappa shape index (κ2) is 3.94. The summed E-state index contributed by atoms with van der Waals surface area (Å²) in [5.41, 5.74) is 0.858. The van der Waals surface area contributed by atoms with Crippen molar-refractivity contribution in [2.45, 2.75) is 6.54 Å². The average Bonchev–Trinajstić information content (AvgIpc) is 2.95. The van der Waals surface area contributed by atoms with Crippen LogP contribution in [0.25, 0.3) is 5.65 Å². The van der Waals surface area contributed by atoms with E-state index in [9.17, 15) is 0 Å². The molecular formula is C11H10N4S. The summed E-state index contributed by atoms with van der Waals surface area (Å²) in [6.07, 6.45) is 1.89. The average molecular weight is 230 g/mol. The maximum Gasteiger partial charge on any atom is 0.243 e. The van der Waals surface area contributed by atoms with Crippen LogP contribution < -0.4 is 5.32 Å². The molecule has 3 rings (SSSR count). The van der Waals surface area contributed by atoms with E-state index in [1.807, 2.05) is 30.5 Å². The van der Waals surface area contributed by atoms with Crippen LogP contribution in [0, 0.1) is 0 Å². The lowest BCUT2D eigenvalue weighted by molar-refractivity contribution is 0.952. The Bertz CT molecular complexity index is 552. The van der Waals surface area contributed by atoms with E-state index >= 15 is 0 Å². The molecule has 16 heavy (non-hydrogen) atoms. The number of hydrogen-bond donors (Lipinski definition) is 1. The Hall–Kier alpha value is -1.88. The normalized spacial score (nSPS) is 10.8. The molecule has 3 aromatic rings. The van der Waals surface area contributed by atoms with Gasteiger partial charge < -0.3 is 5.32 Å². The van der Waals surface area contributed by atoms with Crippen molar-refractivity contribution in [3.8, 4) is 0 Å². The van der Waals surface area contributed by atoms with Gasteiger partial charge in [0.15, 0.2) is 5.65 Å². The maximum absolute atomic E-state index is 4.36. The first-order valence-corrected chi connectivity index (χ1v) is 5.87. The van der Waals surface area contributed by atoms with Gasteiger partial charge in [0.1, 0.15) is 0 Å². The van der Waals surface area contributed by atoms with Crippen molar-refractivity contribution in [1.29, 1.82) is 0 Å². The molecule has 0 aromatic carbocycles. The fraction of sp³-hybridized carbons (Fsp3) is 0.0909. The summed E-state index contributed by atoms with van der Waals surface area (Å²) in [5.74, 6) is 0.666. The number of anilines is 1. The molecule has 0 amide bonds. The molecular weight excluding hydrogens is 220 g/mol. The lowest BCUT2D eigenvalue weighted by Crippen LogP contribution is -1.99. The quantitative estimate of drug-likeness (QED) is 0.751. The third-order valence-electron chi connectivity index (χ3n) is 2.24. The van der Waals surface area contributed by atoms with Gasteiger partial charge in [0.2, 0.25) is 5.95 Å². The van der Waals surface area contributed by atoms with E-state index in [0.29, 0.717) is 5.95 Å². The first-order chi connectivity index (χ1) is 7.92. The van der Waals surface area contributed by atoms with Gasteiger partial charge in [0.25, 0.3) is 0 Å². The van der Waals surface area contributed by atoms with Crippen LogP contribution in [0.15, 0.2) is 41.9 Å². The van der Waals surface area contributed by atoms with Gasteiger partial charge in [-0.3, -0.25) is 0 Å². The van der Waals surface area contributed by atoms with Crippen LogP contribution in [0.2, 0.25) is 0 Å². The Morgan fingerprint density at radius 3 is 3.06 bits per heavy atom. The molecule has 0 bridgehead atoms. The Balaban J connectivity index is 1.79. The number of fused-ring (bicyclic) bond motifs is 1. The van der Waals surface area contributed by atoms with Gasteiger partial charge in [-0.25, -0.2) is 4.52 Å². The topological polar surface area (TPSA) is 42.2 Å². The molecule has 0 fully saturated rings. The van der Waals surface area contributed by atoms with Gasteiger partial charge in [0.05, 0.1) is 6.54 Å². The van der Waals surface area contributed by atoms with Gasteiger partial charge in [0, 0.05) is 11.1 Å². The van der Waals surface area contributed by atoms with E-state index in [1.165, 1.54) is 4.88 Å². The van der Waals surface area contributed by atoms with Crippen LogP contribution in [0.3, 0.4) is 0 Å². The smallest absolute Gasteiger partial charge is 0.243 e. The lowest BCUT2D eigenvalue weighted by atomic mass is 10.5. The van der Waals surface area contributed by atoms with Gasteiger partial charge in [-0.2, -0.15) is 4.98 Å². The van der Waals surface area contributed by atoms with Crippen LogP contribution in [-0.4, -0.2) is 14.6 Å². The summed E-state index contributed by atoms with van der Waals surface area (Å²) in [5, 5.41) is 9.58. The number of rotatable bonds is 3. The largest absolute Gasteiger partial charge is 0.348 e. The lowest BCUT2D eigenvalue weighted by Gasteiger charge is -1.96. The van der Waals surface area contributed by atoms with E-state index in [4.69, 9.17) is 0 Å². The Labute approximate surface area is 96.6 Å². The fourth-order valence-electron chi connectivity index (χ4n) is 1.49. The highest BCUT2D eigenvalue weighted by Crippen LogP contribution is 2.11. The van der Waals surface area contributed by atoms with Crippen LogP contribution in [0.5, 0.6) is 0 Å². The van der Waals surface area contributed by atoms with Crippen molar-refractivity contribution >= 4 is 22.9 Å². The molecule has 1 N–H and O–H groups in total. The Morgan fingerprint density at radius 1 is 1.25 bits per heavy atom. The number of aromatic nitrogens is 3. The summed E-state index contributed by atoms with van der Waals surface area (Å²) < 4.78 is 1.76. The molecule has 5 heteroatoms. The van der Waals surface area contributed by atoms with E-state index < -0.39 is 0 Å². The molecule has 0 aliphatic heterocycles. The summed E-state index contributed by atoms with van der Waals surface area (Å²) >= 11 is 1.72. The van der Waals surface area contributed by atoms with Crippen molar-refractivity contribution < 1.29 is 0 Å². The summed E-state index contributed by atoms with van der Waals surface area (Å²) in [6, 6.07) is 9.95. The number of hydrogen-bond acceptors (Lipinski definition) is 4. The third-order valence-corrected chi connectivity index (χ3v) is 3.12. The van der Waals surface area contributed by atoms with Gasteiger partial charge in [-0.05, 0) is 23.6 Å². The molecule has 3 heterocycles. The highest BCUT2D eigenvalue weighted by atomic mass is 32.1. The minimum atomic E-state index is 0.666. The SMILES string of the molecule is c1csc(CNc2nc3ccccn3n2)c1. The monoisotopic (exact) mass is 230 g/mol. The molecule has 0 unspecified atom stereocenters. The minimum Gasteiger partial charge on any atom is -0.348 e. The molecule has 80 valence electrons. The van der Waals surface area contributed by atoms with Crippen LogP contribution in [0.4, 0.5) is 5.95 Å². The van der Waals surface area contributed by atoms with Crippen LogP contribution >= 0.6 is 11.3 Å². The second-order valence-corrected chi connectivity index (χ2v) is 4.40. The van der Waals surface area contributed by atoms with Crippen molar-refractivity contribution in [3.63, 3.8) is 0 Å². The molecule has 0 atom stereocenters. The second-order valence-electron chi connectivity index (χ2n) is 3.37. The van der Waals surface area contributed by atoms with Crippen molar-refractivity contribution in [3.05, 3.63) is 46.8 Å². The Kier molecular flexibility index (Phi) is 2.30. The zero-order valence-corrected chi connectivity index (χ0v) is 9.31. The number of nitrogens with one attached hydrogen (secondary N) is 1.